The van der Waals surface area contributed by atoms with Crippen molar-refractivity contribution in [1.29, 1.82) is 0 Å². The zero-order valence-corrected chi connectivity index (χ0v) is 14.8. The van der Waals surface area contributed by atoms with E-state index in [-0.39, 0.29) is 23.1 Å². The number of hydrogen-bond donors (Lipinski definition) is 0. The van der Waals surface area contributed by atoms with Crippen LogP contribution in [-0.2, 0) is 16.1 Å². The van der Waals surface area contributed by atoms with E-state index in [0.717, 1.165) is 31.7 Å². The van der Waals surface area contributed by atoms with Gasteiger partial charge >= 0.3 is 0 Å². The third-order valence-corrected chi connectivity index (χ3v) is 5.09. The minimum atomic E-state index is -0.170. The number of amides is 2. The molecule has 3 rings (SSSR count). The third-order valence-electron chi connectivity index (χ3n) is 5.09. The van der Waals surface area contributed by atoms with E-state index >= 15 is 0 Å². The molecule has 0 N–H and O–H groups in total. The van der Waals surface area contributed by atoms with Crippen LogP contribution in [0.25, 0.3) is 0 Å². The maximum Gasteiger partial charge on any atom is 0.225 e. The molecule has 3 heterocycles. The first-order chi connectivity index (χ1) is 11.4. The van der Waals surface area contributed by atoms with Gasteiger partial charge in [0, 0.05) is 69.6 Å². The van der Waals surface area contributed by atoms with Crippen LogP contribution in [0.1, 0.15) is 25.8 Å². The first-order valence-electron chi connectivity index (χ1n) is 8.65. The molecular formula is C18H27N3O3. The van der Waals surface area contributed by atoms with Crippen molar-refractivity contribution in [1.82, 2.24) is 14.7 Å². The zero-order chi connectivity index (χ0) is 17.3. The molecule has 2 amide bonds. The lowest BCUT2D eigenvalue weighted by Crippen LogP contribution is -2.45. The minimum Gasteiger partial charge on any atom is -0.472 e. The van der Waals surface area contributed by atoms with Gasteiger partial charge < -0.3 is 14.2 Å². The van der Waals surface area contributed by atoms with Crippen molar-refractivity contribution in [2.75, 3.05) is 39.8 Å². The first-order valence-corrected chi connectivity index (χ1v) is 8.65. The van der Waals surface area contributed by atoms with Crippen molar-refractivity contribution >= 4 is 11.8 Å². The predicted octanol–water partition coefficient (Wildman–Crippen LogP) is 1.43. The lowest BCUT2D eigenvalue weighted by molar-refractivity contribution is -0.135. The van der Waals surface area contributed by atoms with Gasteiger partial charge in [-0.15, -0.1) is 0 Å². The van der Waals surface area contributed by atoms with Crippen LogP contribution in [0.3, 0.4) is 0 Å². The summed E-state index contributed by atoms with van der Waals surface area (Å²) in [5.74, 6) is 0.343. The van der Waals surface area contributed by atoms with Crippen LogP contribution in [0, 0.1) is 11.3 Å². The maximum absolute atomic E-state index is 12.6. The molecule has 24 heavy (non-hydrogen) atoms. The lowest BCUT2D eigenvalue weighted by Gasteiger charge is -2.33. The second kappa shape index (κ2) is 6.59. The third kappa shape index (κ3) is 3.48. The summed E-state index contributed by atoms with van der Waals surface area (Å²) in [6.07, 6.45) is 3.97. The molecule has 1 aromatic rings. The number of carbonyl (C=O) groups is 2. The molecule has 2 aliphatic rings. The van der Waals surface area contributed by atoms with Gasteiger partial charge in [0.2, 0.25) is 11.8 Å². The summed E-state index contributed by atoms with van der Waals surface area (Å²) >= 11 is 0. The number of likely N-dealkylation sites (tertiary alicyclic amines) is 1. The van der Waals surface area contributed by atoms with Gasteiger partial charge in [-0.1, -0.05) is 13.8 Å². The SMILES string of the molecule is CC(C)C(=O)N1CCN(Cc2ccoc2)C[C@]2(CC(=O)N(C)C2)C1. The highest BCUT2D eigenvalue weighted by Crippen LogP contribution is 2.35. The molecule has 1 atom stereocenters. The fourth-order valence-electron chi connectivity index (χ4n) is 3.99. The Kier molecular flexibility index (Phi) is 4.67. The van der Waals surface area contributed by atoms with E-state index < -0.39 is 0 Å². The molecule has 6 heteroatoms. The van der Waals surface area contributed by atoms with E-state index in [1.807, 2.05) is 31.9 Å². The summed E-state index contributed by atoms with van der Waals surface area (Å²) in [6.45, 7) is 8.43. The number of furan rings is 1. The van der Waals surface area contributed by atoms with Crippen LogP contribution in [0.4, 0.5) is 0 Å². The molecule has 6 nitrogen and oxygen atoms in total. The van der Waals surface area contributed by atoms with E-state index in [9.17, 15) is 9.59 Å². The molecular weight excluding hydrogens is 306 g/mol. The van der Waals surface area contributed by atoms with Crippen molar-refractivity contribution in [3.63, 3.8) is 0 Å². The zero-order valence-electron chi connectivity index (χ0n) is 14.8. The van der Waals surface area contributed by atoms with Crippen molar-refractivity contribution in [2.45, 2.75) is 26.8 Å². The highest BCUT2D eigenvalue weighted by atomic mass is 16.3. The number of rotatable bonds is 3. The predicted molar refractivity (Wildman–Crippen MR) is 90.1 cm³/mol. The van der Waals surface area contributed by atoms with E-state index in [0.29, 0.717) is 19.5 Å². The Morgan fingerprint density at radius 2 is 2.08 bits per heavy atom. The van der Waals surface area contributed by atoms with Gasteiger partial charge in [0.1, 0.15) is 0 Å². The molecule has 0 bridgehead atoms. The average Bonchev–Trinajstić information content (AvgIpc) is 3.06. The fraction of sp³-hybridized carbons (Fsp3) is 0.667. The van der Waals surface area contributed by atoms with Crippen molar-refractivity contribution in [3.05, 3.63) is 24.2 Å². The molecule has 2 saturated heterocycles. The van der Waals surface area contributed by atoms with Crippen LogP contribution in [0.2, 0.25) is 0 Å². The first kappa shape index (κ1) is 17.0. The Balaban J connectivity index is 1.81. The Bertz CT molecular complexity index is 599. The molecule has 1 spiro atoms. The molecule has 0 saturated carbocycles. The summed E-state index contributed by atoms with van der Waals surface area (Å²) in [6, 6.07) is 1.97. The quantitative estimate of drug-likeness (QED) is 0.840. The van der Waals surface area contributed by atoms with Gasteiger partial charge in [0.05, 0.1) is 12.5 Å². The molecule has 2 aliphatic heterocycles. The monoisotopic (exact) mass is 333 g/mol. The number of nitrogens with zero attached hydrogens (tertiary/aromatic N) is 3. The van der Waals surface area contributed by atoms with E-state index in [1.54, 1.807) is 17.4 Å². The van der Waals surface area contributed by atoms with E-state index in [4.69, 9.17) is 4.42 Å². The number of carbonyl (C=O) groups excluding carboxylic acids is 2. The summed E-state index contributed by atoms with van der Waals surface area (Å²) in [5.41, 5.74) is 0.961. The second-order valence-electron chi connectivity index (χ2n) is 7.68. The minimum absolute atomic E-state index is 0.0164. The van der Waals surface area contributed by atoms with Crippen LogP contribution >= 0.6 is 0 Å². The van der Waals surface area contributed by atoms with Crippen molar-refractivity contribution in [2.24, 2.45) is 11.3 Å². The van der Waals surface area contributed by atoms with Crippen LogP contribution in [0.15, 0.2) is 23.0 Å². The molecule has 0 aromatic carbocycles. The summed E-state index contributed by atoms with van der Waals surface area (Å²) in [7, 11) is 1.86. The largest absolute Gasteiger partial charge is 0.472 e. The normalized spacial score (nSPS) is 25.8. The van der Waals surface area contributed by atoms with Crippen LogP contribution < -0.4 is 0 Å². The van der Waals surface area contributed by atoms with E-state index in [1.165, 1.54) is 0 Å². The van der Waals surface area contributed by atoms with Crippen LogP contribution in [0.5, 0.6) is 0 Å². The van der Waals surface area contributed by atoms with Gasteiger partial charge in [0.25, 0.3) is 0 Å². The topological polar surface area (TPSA) is 57.0 Å². The second-order valence-corrected chi connectivity index (χ2v) is 7.68. The standard InChI is InChI=1S/C18H27N3O3/c1-14(2)17(23)21-6-5-20(9-15-4-7-24-10-15)12-18(13-21)8-16(22)19(3)11-18/h4,7,10,14H,5-6,8-9,11-13H2,1-3H3/t18-/m1/s1. The molecule has 0 aliphatic carbocycles. The fourth-order valence-corrected chi connectivity index (χ4v) is 3.99. The van der Waals surface area contributed by atoms with Gasteiger partial charge in [0.15, 0.2) is 0 Å². The Hall–Kier alpha value is -1.82. The molecule has 1 aromatic heterocycles. The molecule has 132 valence electrons. The Morgan fingerprint density at radius 1 is 1.29 bits per heavy atom. The summed E-state index contributed by atoms with van der Waals surface area (Å²) < 4.78 is 5.18. The van der Waals surface area contributed by atoms with Gasteiger partial charge in [-0.3, -0.25) is 14.5 Å². The van der Waals surface area contributed by atoms with Crippen molar-refractivity contribution < 1.29 is 14.0 Å². The maximum atomic E-state index is 12.6. The lowest BCUT2D eigenvalue weighted by atomic mass is 9.85. The molecule has 0 unspecified atom stereocenters. The number of hydrogen-bond acceptors (Lipinski definition) is 4. The van der Waals surface area contributed by atoms with Crippen LogP contribution in [-0.4, -0.2) is 66.3 Å². The van der Waals surface area contributed by atoms with E-state index in [2.05, 4.69) is 4.90 Å². The Morgan fingerprint density at radius 3 is 2.67 bits per heavy atom. The summed E-state index contributed by atoms with van der Waals surface area (Å²) in [4.78, 5) is 30.9. The van der Waals surface area contributed by atoms with Gasteiger partial charge in [-0.25, -0.2) is 0 Å². The smallest absolute Gasteiger partial charge is 0.225 e. The van der Waals surface area contributed by atoms with Crippen molar-refractivity contribution in [3.8, 4) is 0 Å². The molecule has 2 fully saturated rings. The highest BCUT2D eigenvalue weighted by Gasteiger charge is 2.46. The van der Waals surface area contributed by atoms with Gasteiger partial charge in [-0.05, 0) is 6.07 Å². The average molecular weight is 333 g/mol. The highest BCUT2D eigenvalue weighted by molar-refractivity contribution is 5.80. The Labute approximate surface area is 143 Å². The summed E-state index contributed by atoms with van der Waals surface area (Å²) in [5, 5.41) is 0. The molecule has 0 radical (unpaired) electrons. The van der Waals surface area contributed by atoms with Gasteiger partial charge in [-0.2, -0.15) is 0 Å².